The molecule has 1 aromatic carbocycles. The van der Waals surface area contributed by atoms with E-state index in [1.54, 1.807) is 0 Å². The average molecular weight is 258 g/mol. The molecule has 4 nitrogen and oxygen atoms in total. The minimum atomic E-state index is -0.891. The highest BCUT2D eigenvalue weighted by atomic mass is 16.4. The maximum absolute atomic E-state index is 11.4. The molecule has 0 aliphatic heterocycles. The third-order valence-electron chi connectivity index (χ3n) is 3.37. The van der Waals surface area contributed by atoms with Gasteiger partial charge in [0.05, 0.1) is 16.9 Å². The Bertz CT molecular complexity index is 669. The molecule has 0 unspecified atom stereocenters. The van der Waals surface area contributed by atoms with Crippen LogP contribution < -0.4 is 0 Å². The summed E-state index contributed by atoms with van der Waals surface area (Å²) in [6, 6.07) is 3.89. The Balaban J connectivity index is 2.81. The Morgan fingerprint density at radius 3 is 2.21 bits per heavy atom. The third kappa shape index (κ3) is 2.14. The van der Waals surface area contributed by atoms with E-state index in [9.17, 15) is 9.90 Å². The molecule has 0 fully saturated rings. The number of rotatable bonds is 2. The first-order valence-electron chi connectivity index (χ1n) is 6.20. The van der Waals surface area contributed by atoms with Crippen LogP contribution in [0.25, 0.3) is 5.69 Å². The van der Waals surface area contributed by atoms with Crippen molar-refractivity contribution in [1.29, 1.82) is 0 Å². The lowest BCUT2D eigenvalue weighted by atomic mass is 9.97. The minimum absolute atomic E-state index is 0.369. The highest BCUT2D eigenvalue weighted by molar-refractivity contribution is 5.92. The maximum atomic E-state index is 11.4. The van der Waals surface area contributed by atoms with Crippen LogP contribution in [0.4, 0.5) is 0 Å². The lowest BCUT2D eigenvalue weighted by Gasteiger charge is -2.16. The van der Waals surface area contributed by atoms with Gasteiger partial charge in [-0.2, -0.15) is 5.10 Å². The van der Waals surface area contributed by atoms with Crippen molar-refractivity contribution in [3.8, 4) is 5.69 Å². The number of aromatic carboxylic acids is 1. The molecule has 0 amide bonds. The van der Waals surface area contributed by atoms with Crippen LogP contribution in [-0.4, -0.2) is 20.9 Å². The molecule has 0 radical (unpaired) electrons. The van der Waals surface area contributed by atoms with Crippen molar-refractivity contribution in [2.45, 2.75) is 34.6 Å². The highest BCUT2D eigenvalue weighted by Crippen LogP contribution is 2.26. The molecule has 0 saturated carbocycles. The Morgan fingerprint density at radius 1 is 1.11 bits per heavy atom. The van der Waals surface area contributed by atoms with E-state index < -0.39 is 5.97 Å². The van der Waals surface area contributed by atoms with Crippen LogP contribution in [0, 0.1) is 34.6 Å². The van der Waals surface area contributed by atoms with Crippen LogP contribution in [0.15, 0.2) is 12.1 Å². The number of aryl methyl sites for hydroxylation is 4. The topological polar surface area (TPSA) is 55.1 Å². The van der Waals surface area contributed by atoms with Gasteiger partial charge >= 0.3 is 5.97 Å². The van der Waals surface area contributed by atoms with Gasteiger partial charge < -0.3 is 5.11 Å². The molecule has 100 valence electrons. The fourth-order valence-electron chi connectivity index (χ4n) is 2.69. The second-order valence-electron chi connectivity index (χ2n) is 5.00. The molecule has 1 N–H and O–H groups in total. The van der Waals surface area contributed by atoms with E-state index in [4.69, 9.17) is 0 Å². The standard InChI is InChI=1S/C15H18N2O2/c1-8-6-9(2)14(12(5)13(8)15(18)19)17-11(4)7-10(3)16-17/h6-7H,1-5H3,(H,18,19). The molecule has 2 aromatic rings. The van der Waals surface area contributed by atoms with Crippen LogP contribution in [-0.2, 0) is 0 Å². The summed E-state index contributed by atoms with van der Waals surface area (Å²) in [5.74, 6) is -0.891. The van der Waals surface area contributed by atoms with Gasteiger partial charge in [-0.1, -0.05) is 6.07 Å². The van der Waals surface area contributed by atoms with Crippen LogP contribution >= 0.6 is 0 Å². The molecular formula is C15H18N2O2. The molecule has 0 aliphatic carbocycles. The first-order chi connectivity index (χ1) is 8.82. The second kappa shape index (κ2) is 4.53. The molecule has 0 bridgehead atoms. The number of carboxylic acids is 1. The van der Waals surface area contributed by atoms with Crippen molar-refractivity contribution in [2.24, 2.45) is 0 Å². The first kappa shape index (κ1) is 13.3. The summed E-state index contributed by atoms with van der Waals surface area (Å²) in [5, 5.41) is 13.8. The van der Waals surface area contributed by atoms with Crippen LogP contribution in [0.3, 0.4) is 0 Å². The fourth-order valence-corrected chi connectivity index (χ4v) is 2.69. The molecule has 0 saturated heterocycles. The number of carboxylic acid groups (broad SMARTS) is 1. The Morgan fingerprint density at radius 2 is 1.74 bits per heavy atom. The molecule has 0 spiro atoms. The zero-order chi connectivity index (χ0) is 14.3. The summed E-state index contributed by atoms with van der Waals surface area (Å²) in [6.07, 6.45) is 0. The molecule has 0 aliphatic rings. The predicted molar refractivity (Wildman–Crippen MR) is 74.2 cm³/mol. The molecule has 19 heavy (non-hydrogen) atoms. The van der Waals surface area contributed by atoms with E-state index in [-0.39, 0.29) is 0 Å². The third-order valence-corrected chi connectivity index (χ3v) is 3.37. The number of hydrogen-bond acceptors (Lipinski definition) is 2. The summed E-state index contributed by atoms with van der Waals surface area (Å²) in [5.41, 5.74) is 5.74. The van der Waals surface area contributed by atoms with Gasteiger partial charge in [-0.3, -0.25) is 0 Å². The Hall–Kier alpha value is -2.10. The van der Waals surface area contributed by atoms with Gasteiger partial charge in [0.1, 0.15) is 0 Å². The van der Waals surface area contributed by atoms with Crippen molar-refractivity contribution in [3.05, 3.63) is 45.8 Å². The van der Waals surface area contributed by atoms with E-state index in [1.807, 2.05) is 51.4 Å². The first-order valence-corrected chi connectivity index (χ1v) is 6.20. The van der Waals surface area contributed by atoms with Gasteiger partial charge in [0.25, 0.3) is 0 Å². The van der Waals surface area contributed by atoms with Crippen molar-refractivity contribution in [2.75, 3.05) is 0 Å². The van der Waals surface area contributed by atoms with E-state index in [0.717, 1.165) is 33.8 Å². The summed E-state index contributed by atoms with van der Waals surface area (Å²) in [7, 11) is 0. The normalized spacial score (nSPS) is 10.8. The van der Waals surface area contributed by atoms with E-state index >= 15 is 0 Å². The lowest BCUT2D eigenvalue weighted by molar-refractivity contribution is 0.0695. The highest BCUT2D eigenvalue weighted by Gasteiger charge is 2.18. The second-order valence-corrected chi connectivity index (χ2v) is 5.00. The molecule has 2 rings (SSSR count). The summed E-state index contributed by atoms with van der Waals surface area (Å²) >= 11 is 0. The van der Waals surface area contributed by atoms with Crippen molar-refractivity contribution in [1.82, 2.24) is 9.78 Å². The molecule has 4 heteroatoms. The van der Waals surface area contributed by atoms with E-state index in [0.29, 0.717) is 5.56 Å². The zero-order valence-electron chi connectivity index (χ0n) is 11.9. The lowest BCUT2D eigenvalue weighted by Crippen LogP contribution is -2.11. The van der Waals surface area contributed by atoms with Crippen LogP contribution in [0.1, 0.15) is 38.4 Å². The van der Waals surface area contributed by atoms with Gasteiger partial charge in [-0.25, -0.2) is 9.48 Å². The van der Waals surface area contributed by atoms with Gasteiger partial charge in [0.15, 0.2) is 0 Å². The number of benzene rings is 1. The summed E-state index contributed by atoms with van der Waals surface area (Å²) in [6.45, 7) is 9.56. The van der Waals surface area contributed by atoms with Crippen LogP contribution in [0.5, 0.6) is 0 Å². The van der Waals surface area contributed by atoms with E-state index in [2.05, 4.69) is 5.10 Å². The minimum Gasteiger partial charge on any atom is -0.478 e. The molecule has 0 atom stereocenters. The van der Waals surface area contributed by atoms with Gasteiger partial charge in [0.2, 0.25) is 0 Å². The summed E-state index contributed by atoms with van der Waals surface area (Å²) in [4.78, 5) is 11.4. The summed E-state index contributed by atoms with van der Waals surface area (Å²) < 4.78 is 1.83. The zero-order valence-corrected chi connectivity index (χ0v) is 11.9. The Kier molecular flexibility index (Phi) is 3.18. The van der Waals surface area contributed by atoms with Gasteiger partial charge in [-0.05, 0) is 57.4 Å². The van der Waals surface area contributed by atoms with Gasteiger partial charge in [-0.15, -0.1) is 0 Å². The number of carbonyl (C=O) groups is 1. The SMILES string of the molecule is Cc1cc(C)n(-c2c(C)cc(C)c(C(=O)O)c2C)n1. The monoisotopic (exact) mass is 258 g/mol. The number of aromatic nitrogens is 2. The largest absolute Gasteiger partial charge is 0.478 e. The van der Waals surface area contributed by atoms with Crippen molar-refractivity contribution in [3.63, 3.8) is 0 Å². The quantitative estimate of drug-likeness (QED) is 0.900. The average Bonchev–Trinajstić information content (AvgIpc) is 2.56. The maximum Gasteiger partial charge on any atom is 0.336 e. The van der Waals surface area contributed by atoms with Crippen molar-refractivity contribution < 1.29 is 9.90 Å². The Labute approximate surface area is 112 Å². The van der Waals surface area contributed by atoms with Gasteiger partial charge in [0, 0.05) is 5.69 Å². The number of hydrogen-bond donors (Lipinski definition) is 1. The molecular weight excluding hydrogens is 240 g/mol. The van der Waals surface area contributed by atoms with Crippen LogP contribution in [0.2, 0.25) is 0 Å². The van der Waals surface area contributed by atoms with E-state index in [1.165, 1.54) is 0 Å². The predicted octanol–water partition coefficient (Wildman–Crippen LogP) is 3.11. The smallest absolute Gasteiger partial charge is 0.336 e. The van der Waals surface area contributed by atoms with Crippen molar-refractivity contribution >= 4 is 5.97 Å². The number of nitrogens with zero attached hydrogens (tertiary/aromatic N) is 2. The molecule has 1 heterocycles. The molecule has 1 aromatic heterocycles. The fraction of sp³-hybridized carbons (Fsp3) is 0.333.